The van der Waals surface area contributed by atoms with Crippen molar-refractivity contribution in [3.05, 3.63) is 34.0 Å². The number of amides is 1. The molecule has 0 aliphatic carbocycles. The van der Waals surface area contributed by atoms with Crippen molar-refractivity contribution in [3.8, 4) is 0 Å². The van der Waals surface area contributed by atoms with E-state index in [0.717, 1.165) is 36.0 Å². The van der Waals surface area contributed by atoms with Gasteiger partial charge in [0, 0.05) is 37.5 Å². The summed E-state index contributed by atoms with van der Waals surface area (Å²) in [5.74, 6) is 1.07. The maximum Gasteiger partial charge on any atom is 0.272 e. The summed E-state index contributed by atoms with van der Waals surface area (Å²) in [7, 11) is 1.80. The van der Waals surface area contributed by atoms with E-state index in [0.29, 0.717) is 12.3 Å². The molecule has 2 aliphatic rings. The summed E-state index contributed by atoms with van der Waals surface area (Å²) < 4.78 is 7.84. The van der Waals surface area contributed by atoms with E-state index >= 15 is 0 Å². The Morgan fingerprint density at radius 1 is 1.50 bits per heavy atom. The van der Waals surface area contributed by atoms with Gasteiger partial charge in [-0.25, -0.2) is 4.98 Å². The summed E-state index contributed by atoms with van der Waals surface area (Å²) in [6.07, 6.45) is 2.93. The van der Waals surface area contributed by atoms with Crippen molar-refractivity contribution in [1.82, 2.24) is 19.7 Å². The Kier molecular flexibility index (Phi) is 4.14. The summed E-state index contributed by atoms with van der Waals surface area (Å²) in [5.41, 5.74) is 1.67. The zero-order valence-corrected chi connectivity index (χ0v) is 15.4. The van der Waals surface area contributed by atoms with Crippen LogP contribution in [0.1, 0.15) is 27.6 Å². The van der Waals surface area contributed by atoms with Crippen molar-refractivity contribution in [2.75, 3.05) is 18.8 Å². The molecule has 0 aromatic carbocycles. The van der Waals surface area contributed by atoms with E-state index < -0.39 is 0 Å². The van der Waals surface area contributed by atoms with Gasteiger partial charge in [-0.3, -0.25) is 9.48 Å². The van der Waals surface area contributed by atoms with Gasteiger partial charge in [0.05, 0.1) is 28.2 Å². The monoisotopic (exact) mass is 364 g/mol. The highest BCUT2D eigenvalue weighted by atomic mass is 32.2. The molecular formula is C16H20N4O2S2. The molecule has 2 aromatic heterocycles. The van der Waals surface area contributed by atoms with E-state index in [-0.39, 0.29) is 16.8 Å². The summed E-state index contributed by atoms with van der Waals surface area (Å²) in [4.78, 5) is 18.8. The lowest BCUT2D eigenvalue weighted by molar-refractivity contribution is 0.0242. The van der Waals surface area contributed by atoms with E-state index in [9.17, 15) is 4.79 Å². The Balaban J connectivity index is 1.28. The van der Waals surface area contributed by atoms with Crippen molar-refractivity contribution in [2.45, 2.75) is 30.8 Å². The number of nitrogens with zero attached hydrogens (tertiary/aromatic N) is 4. The van der Waals surface area contributed by atoms with Crippen molar-refractivity contribution >= 4 is 29.0 Å². The number of ether oxygens (including phenoxy) is 1. The van der Waals surface area contributed by atoms with Gasteiger partial charge in [-0.05, 0) is 19.4 Å². The van der Waals surface area contributed by atoms with Crippen LogP contribution >= 0.6 is 23.1 Å². The highest BCUT2D eigenvalue weighted by Crippen LogP contribution is 2.46. The van der Waals surface area contributed by atoms with Gasteiger partial charge in [0.2, 0.25) is 0 Å². The topological polar surface area (TPSA) is 60.2 Å². The van der Waals surface area contributed by atoms with Crippen LogP contribution < -0.4 is 0 Å². The minimum absolute atomic E-state index is 0.0727. The zero-order valence-electron chi connectivity index (χ0n) is 13.8. The molecule has 4 rings (SSSR count). The number of carbonyl (C=O) groups is 1. The maximum absolute atomic E-state index is 12.5. The predicted octanol–water partition coefficient (Wildman–Crippen LogP) is 2.10. The van der Waals surface area contributed by atoms with Crippen molar-refractivity contribution < 1.29 is 9.53 Å². The van der Waals surface area contributed by atoms with E-state index in [2.05, 4.69) is 15.5 Å². The SMILES string of the molecule is Cc1nc(COC2CSC3(C2)CN(C(=O)c2ccnn2C)C3)cs1. The van der Waals surface area contributed by atoms with Crippen molar-refractivity contribution in [1.29, 1.82) is 0 Å². The van der Waals surface area contributed by atoms with Crippen LogP contribution in [-0.4, -0.2) is 55.3 Å². The van der Waals surface area contributed by atoms with E-state index in [4.69, 9.17) is 4.74 Å². The van der Waals surface area contributed by atoms with Crippen molar-refractivity contribution in [3.63, 3.8) is 0 Å². The fourth-order valence-electron chi connectivity index (χ4n) is 3.35. The molecule has 2 saturated heterocycles. The zero-order chi connectivity index (χ0) is 16.7. The van der Waals surface area contributed by atoms with Gasteiger partial charge in [-0.1, -0.05) is 0 Å². The first kappa shape index (κ1) is 16.1. The van der Waals surface area contributed by atoms with Crippen LogP contribution in [0.5, 0.6) is 0 Å². The number of carbonyl (C=O) groups excluding carboxylic acids is 1. The highest BCUT2D eigenvalue weighted by molar-refractivity contribution is 8.01. The van der Waals surface area contributed by atoms with Crippen LogP contribution in [0.15, 0.2) is 17.6 Å². The maximum atomic E-state index is 12.5. The minimum atomic E-state index is 0.0727. The predicted molar refractivity (Wildman–Crippen MR) is 94.3 cm³/mol. The van der Waals surface area contributed by atoms with Crippen molar-refractivity contribution in [2.24, 2.45) is 7.05 Å². The van der Waals surface area contributed by atoms with E-state index in [1.54, 1.807) is 35.3 Å². The minimum Gasteiger partial charge on any atom is -0.371 e. The Bertz CT molecular complexity index is 751. The van der Waals surface area contributed by atoms with Crippen LogP contribution in [0.25, 0.3) is 0 Å². The number of rotatable bonds is 4. The normalized spacial score (nSPS) is 22.1. The largest absolute Gasteiger partial charge is 0.371 e. The Morgan fingerprint density at radius 3 is 3.00 bits per heavy atom. The van der Waals surface area contributed by atoms with Crippen LogP contribution in [0.4, 0.5) is 0 Å². The number of thioether (sulfide) groups is 1. The number of likely N-dealkylation sites (tertiary alicyclic amines) is 1. The summed E-state index contributed by atoms with van der Waals surface area (Å²) in [6.45, 7) is 4.20. The van der Waals surface area contributed by atoms with Gasteiger partial charge in [-0.2, -0.15) is 5.10 Å². The molecule has 2 aromatic rings. The van der Waals surface area contributed by atoms with Crippen LogP contribution in [0, 0.1) is 6.92 Å². The second kappa shape index (κ2) is 6.16. The lowest BCUT2D eigenvalue weighted by Crippen LogP contribution is -2.61. The Labute approximate surface area is 149 Å². The van der Waals surface area contributed by atoms with Gasteiger partial charge in [-0.15, -0.1) is 23.1 Å². The standard InChI is InChI=1S/C16H20N4O2S2/c1-11-18-12(7-23-11)6-22-13-5-16(24-8-13)9-20(10-16)15(21)14-3-4-17-19(14)2/h3-4,7,13H,5-6,8-10H2,1-2H3. The molecule has 1 atom stereocenters. The first-order chi connectivity index (χ1) is 11.5. The van der Waals surface area contributed by atoms with Gasteiger partial charge < -0.3 is 9.64 Å². The molecule has 8 heteroatoms. The van der Waals surface area contributed by atoms with E-state index in [1.165, 1.54) is 0 Å². The highest BCUT2D eigenvalue weighted by Gasteiger charge is 2.51. The number of thiazole rings is 1. The quantitative estimate of drug-likeness (QED) is 0.831. The molecule has 0 radical (unpaired) electrons. The van der Waals surface area contributed by atoms with Gasteiger partial charge in [0.25, 0.3) is 5.91 Å². The average Bonchev–Trinajstić information content (AvgIpc) is 3.22. The number of hydrogen-bond donors (Lipinski definition) is 0. The molecule has 1 unspecified atom stereocenters. The number of aromatic nitrogens is 3. The smallest absolute Gasteiger partial charge is 0.272 e. The van der Waals surface area contributed by atoms with E-state index in [1.807, 2.05) is 23.6 Å². The number of aryl methyl sites for hydroxylation is 2. The fourth-order valence-corrected chi connectivity index (χ4v) is 5.50. The number of hydrogen-bond acceptors (Lipinski definition) is 6. The first-order valence-corrected chi connectivity index (χ1v) is 9.85. The fraction of sp³-hybridized carbons (Fsp3) is 0.562. The second-order valence-corrected chi connectivity index (χ2v) is 9.04. The van der Waals surface area contributed by atoms with Gasteiger partial charge in [0.15, 0.2) is 0 Å². The molecule has 4 heterocycles. The van der Waals surface area contributed by atoms with Crippen LogP contribution in [0.3, 0.4) is 0 Å². The third-order valence-corrected chi connectivity index (χ3v) is 6.99. The second-order valence-electron chi connectivity index (χ2n) is 6.49. The summed E-state index contributed by atoms with van der Waals surface area (Å²) in [5, 5.41) is 7.21. The van der Waals surface area contributed by atoms with Gasteiger partial charge in [0.1, 0.15) is 5.69 Å². The molecule has 2 fully saturated rings. The Morgan fingerprint density at radius 2 is 2.33 bits per heavy atom. The summed E-state index contributed by atoms with van der Waals surface area (Å²) >= 11 is 3.60. The van der Waals surface area contributed by atoms with Crippen LogP contribution in [0.2, 0.25) is 0 Å². The average molecular weight is 364 g/mol. The lowest BCUT2D eigenvalue weighted by atomic mass is 9.92. The third kappa shape index (κ3) is 2.98. The molecule has 0 N–H and O–H groups in total. The molecule has 1 amide bonds. The molecule has 0 saturated carbocycles. The molecule has 6 nitrogen and oxygen atoms in total. The van der Waals surface area contributed by atoms with Gasteiger partial charge >= 0.3 is 0 Å². The molecule has 0 bridgehead atoms. The molecular weight excluding hydrogens is 344 g/mol. The molecule has 128 valence electrons. The first-order valence-electron chi connectivity index (χ1n) is 7.98. The third-order valence-electron chi connectivity index (χ3n) is 4.59. The Hall–Kier alpha value is -1.38. The van der Waals surface area contributed by atoms with Crippen LogP contribution in [-0.2, 0) is 18.4 Å². The lowest BCUT2D eigenvalue weighted by Gasteiger charge is -2.47. The summed E-state index contributed by atoms with van der Waals surface area (Å²) in [6, 6.07) is 1.77. The molecule has 2 aliphatic heterocycles. The molecule has 24 heavy (non-hydrogen) atoms. The molecule has 1 spiro atoms.